The molecule has 1 aromatic heterocycles. The zero-order chi connectivity index (χ0) is 12.3. The normalized spacial score (nSPS) is 11.5. The third-order valence-electron chi connectivity index (χ3n) is 1.96. The van der Waals surface area contributed by atoms with Crippen LogP contribution in [0.15, 0.2) is 24.3 Å². The summed E-state index contributed by atoms with van der Waals surface area (Å²) in [4.78, 5) is 0. The Morgan fingerprint density at radius 2 is 1.94 bits per heavy atom. The number of nitrogens with zero attached hydrogens (tertiary/aromatic N) is 2. The van der Waals surface area contributed by atoms with Gasteiger partial charge >= 0.3 is 6.18 Å². The molecule has 2 rings (SSSR count). The van der Waals surface area contributed by atoms with Crippen LogP contribution in [0, 0.1) is 6.20 Å². The SMILES string of the molecule is FC(F)(F)c1ccc(COc2[c]nsn2)cc1. The van der Waals surface area contributed by atoms with Crippen molar-refractivity contribution < 1.29 is 17.9 Å². The maximum Gasteiger partial charge on any atom is 0.416 e. The van der Waals surface area contributed by atoms with E-state index in [0.717, 1.165) is 23.9 Å². The second kappa shape index (κ2) is 4.70. The Labute approximate surface area is 99.2 Å². The van der Waals surface area contributed by atoms with Crippen molar-refractivity contribution in [1.29, 1.82) is 0 Å². The molecule has 17 heavy (non-hydrogen) atoms. The quantitative estimate of drug-likeness (QED) is 0.850. The molecule has 0 fully saturated rings. The van der Waals surface area contributed by atoms with Crippen molar-refractivity contribution in [2.75, 3.05) is 0 Å². The molecule has 0 N–H and O–H groups in total. The van der Waals surface area contributed by atoms with E-state index in [1.54, 1.807) is 0 Å². The van der Waals surface area contributed by atoms with Crippen LogP contribution in [0.2, 0.25) is 0 Å². The van der Waals surface area contributed by atoms with Crippen LogP contribution >= 0.6 is 11.7 Å². The molecule has 1 aromatic carbocycles. The van der Waals surface area contributed by atoms with E-state index in [4.69, 9.17) is 4.74 Å². The first-order valence-corrected chi connectivity index (χ1v) is 5.28. The average molecular weight is 259 g/mol. The summed E-state index contributed by atoms with van der Waals surface area (Å²) in [6, 6.07) is 4.76. The second-order valence-corrected chi connectivity index (χ2v) is 3.69. The number of halogens is 3. The van der Waals surface area contributed by atoms with Crippen molar-refractivity contribution in [2.45, 2.75) is 12.8 Å². The fraction of sp³-hybridized carbons (Fsp3) is 0.200. The standard InChI is InChI=1S/C10H6F3N2OS/c11-10(12,13)8-3-1-7(2-4-8)6-16-9-5-14-17-15-9/h1-4H,6H2. The molecule has 1 radical (unpaired) electrons. The minimum Gasteiger partial charge on any atom is -0.471 e. The van der Waals surface area contributed by atoms with E-state index in [9.17, 15) is 13.2 Å². The van der Waals surface area contributed by atoms with Crippen LogP contribution in [0.1, 0.15) is 11.1 Å². The zero-order valence-corrected chi connectivity index (χ0v) is 9.18. The zero-order valence-electron chi connectivity index (χ0n) is 8.36. The first-order valence-electron chi connectivity index (χ1n) is 4.55. The van der Waals surface area contributed by atoms with E-state index < -0.39 is 11.7 Å². The van der Waals surface area contributed by atoms with Crippen LogP contribution in [0.4, 0.5) is 13.2 Å². The van der Waals surface area contributed by atoms with Gasteiger partial charge in [0.25, 0.3) is 5.88 Å². The smallest absolute Gasteiger partial charge is 0.416 e. The lowest BCUT2D eigenvalue weighted by Crippen LogP contribution is -2.05. The predicted molar refractivity (Wildman–Crippen MR) is 54.5 cm³/mol. The van der Waals surface area contributed by atoms with Gasteiger partial charge in [-0.3, -0.25) is 0 Å². The number of benzene rings is 1. The number of ether oxygens (including phenoxy) is 1. The van der Waals surface area contributed by atoms with Gasteiger partial charge in [0.2, 0.25) is 0 Å². The molecule has 0 saturated carbocycles. The molecule has 0 aliphatic heterocycles. The molecule has 0 spiro atoms. The first-order chi connectivity index (χ1) is 8.05. The molecule has 1 heterocycles. The molecule has 0 atom stereocenters. The Balaban J connectivity index is 1.99. The highest BCUT2D eigenvalue weighted by Crippen LogP contribution is 2.29. The summed E-state index contributed by atoms with van der Waals surface area (Å²) >= 11 is 0.951. The van der Waals surface area contributed by atoms with Gasteiger partial charge in [0.1, 0.15) is 6.61 Å². The Bertz CT molecular complexity index is 467. The Hall–Kier alpha value is -1.63. The highest BCUT2D eigenvalue weighted by atomic mass is 32.1. The van der Waals surface area contributed by atoms with Gasteiger partial charge in [-0.1, -0.05) is 12.1 Å². The monoisotopic (exact) mass is 259 g/mol. The first kappa shape index (κ1) is 11.8. The van der Waals surface area contributed by atoms with Crippen molar-refractivity contribution in [3.63, 3.8) is 0 Å². The lowest BCUT2D eigenvalue weighted by molar-refractivity contribution is -0.137. The van der Waals surface area contributed by atoms with Crippen molar-refractivity contribution in [2.24, 2.45) is 0 Å². The van der Waals surface area contributed by atoms with Crippen LogP contribution in [0.25, 0.3) is 0 Å². The number of rotatable bonds is 3. The summed E-state index contributed by atoms with van der Waals surface area (Å²) in [6.45, 7) is 0.139. The van der Waals surface area contributed by atoms with Crippen molar-refractivity contribution in [1.82, 2.24) is 8.75 Å². The number of alkyl halides is 3. The molecule has 7 heteroatoms. The fourth-order valence-corrected chi connectivity index (χ4v) is 1.47. The van der Waals surface area contributed by atoms with Gasteiger partial charge in [0.05, 0.1) is 17.3 Å². The molecule has 0 bridgehead atoms. The highest BCUT2D eigenvalue weighted by molar-refractivity contribution is 6.99. The van der Waals surface area contributed by atoms with E-state index in [-0.39, 0.29) is 12.5 Å². The average Bonchev–Trinajstić information content (AvgIpc) is 2.78. The second-order valence-electron chi connectivity index (χ2n) is 3.16. The fourth-order valence-electron chi connectivity index (χ4n) is 1.14. The molecular formula is C10H6F3N2OS. The molecule has 0 unspecified atom stereocenters. The minimum atomic E-state index is -4.31. The van der Waals surface area contributed by atoms with E-state index in [1.807, 2.05) is 0 Å². The van der Waals surface area contributed by atoms with Crippen molar-refractivity contribution >= 4 is 11.7 Å². The molecule has 2 aromatic rings. The topological polar surface area (TPSA) is 35.0 Å². The van der Waals surface area contributed by atoms with Gasteiger partial charge in [0.15, 0.2) is 6.20 Å². The number of aromatic nitrogens is 2. The lowest BCUT2D eigenvalue weighted by atomic mass is 10.1. The third-order valence-corrected chi connectivity index (χ3v) is 2.38. The summed E-state index contributed by atoms with van der Waals surface area (Å²) in [5, 5.41) is 0. The largest absolute Gasteiger partial charge is 0.471 e. The van der Waals surface area contributed by atoms with Crippen LogP contribution < -0.4 is 4.74 Å². The number of hydrogen-bond acceptors (Lipinski definition) is 4. The maximum absolute atomic E-state index is 12.3. The van der Waals surface area contributed by atoms with Gasteiger partial charge in [0, 0.05) is 0 Å². The van der Waals surface area contributed by atoms with E-state index >= 15 is 0 Å². The Kier molecular flexibility index (Phi) is 3.28. The Morgan fingerprint density at radius 3 is 2.47 bits per heavy atom. The minimum absolute atomic E-state index is 0.139. The van der Waals surface area contributed by atoms with Gasteiger partial charge < -0.3 is 4.74 Å². The van der Waals surface area contributed by atoms with Gasteiger partial charge in [-0.2, -0.15) is 17.5 Å². The van der Waals surface area contributed by atoms with E-state index in [2.05, 4.69) is 14.9 Å². The van der Waals surface area contributed by atoms with Gasteiger partial charge in [-0.25, -0.2) is 0 Å². The molecular weight excluding hydrogens is 253 g/mol. The summed E-state index contributed by atoms with van der Waals surface area (Å²) in [5.74, 6) is 0.245. The van der Waals surface area contributed by atoms with E-state index in [1.165, 1.54) is 12.1 Å². The number of hydrogen-bond donors (Lipinski definition) is 0. The third kappa shape index (κ3) is 3.16. The Morgan fingerprint density at radius 1 is 1.24 bits per heavy atom. The maximum atomic E-state index is 12.3. The summed E-state index contributed by atoms with van der Waals surface area (Å²) in [7, 11) is 0. The molecule has 3 nitrogen and oxygen atoms in total. The van der Waals surface area contributed by atoms with Crippen LogP contribution in [0.3, 0.4) is 0 Å². The molecule has 89 valence electrons. The predicted octanol–water partition coefficient (Wildman–Crippen LogP) is 2.94. The van der Waals surface area contributed by atoms with Crippen LogP contribution in [-0.4, -0.2) is 8.75 Å². The van der Waals surface area contributed by atoms with Crippen molar-refractivity contribution in [3.8, 4) is 5.88 Å². The molecule has 0 amide bonds. The summed E-state index contributed by atoms with van der Waals surface area (Å²) < 4.78 is 49.4. The van der Waals surface area contributed by atoms with Gasteiger partial charge in [-0.05, 0) is 17.7 Å². The molecule has 0 aliphatic rings. The molecule has 0 aliphatic carbocycles. The lowest BCUT2D eigenvalue weighted by Gasteiger charge is -2.07. The van der Waals surface area contributed by atoms with Crippen molar-refractivity contribution in [3.05, 3.63) is 41.6 Å². The van der Waals surface area contributed by atoms with E-state index in [0.29, 0.717) is 5.56 Å². The molecule has 0 saturated heterocycles. The van der Waals surface area contributed by atoms with Crippen LogP contribution in [-0.2, 0) is 12.8 Å². The van der Waals surface area contributed by atoms with Crippen LogP contribution in [0.5, 0.6) is 5.88 Å². The van der Waals surface area contributed by atoms with Gasteiger partial charge in [-0.15, -0.1) is 4.37 Å². The highest BCUT2D eigenvalue weighted by Gasteiger charge is 2.29. The summed E-state index contributed by atoms with van der Waals surface area (Å²) in [5.41, 5.74) is -0.0532. The summed E-state index contributed by atoms with van der Waals surface area (Å²) in [6.07, 6.45) is -1.82.